The molecule has 0 saturated heterocycles. The average Bonchev–Trinajstić information content (AvgIpc) is 2.04. The fourth-order valence-electron chi connectivity index (χ4n) is 1.22. The van der Waals surface area contributed by atoms with Gasteiger partial charge < -0.3 is 4.98 Å². The molecule has 2 rings (SSSR count). The van der Waals surface area contributed by atoms with Gasteiger partial charge in [-0.05, 0) is 6.08 Å². The second kappa shape index (κ2) is 2.55. The van der Waals surface area contributed by atoms with E-state index >= 15 is 0 Å². The van der Waals surface area contributed by atoms with Crippen molar-refractivity contribution < 1.29 is 4.39 Å². The molecule has 1 heterocycles. The van der Waals surface area contributed by atoms with Gasteiger partial charge in [-0.15, -0.1) is 0 Å². The van der Waals surface area contributed by atoms with Crippen molar-refractivity contribution in [3.05, 3.63) is 27.2 Å². The van der Waals surface area contributed by atoms with Gasteiger partial charge in [0.05, 0.1) is 16.9 Å². The maximum atomic E-state index is 12.8. The second-order valence-corrected chi connectivity index (χ2v) is 2.65. The van der Waals surface area contributed by atoms with Gasteiger partial charge in [0.1, 0.15) is 6.17 Å². The zero-order valence-electron chi connectivity index (χ0n) is 6.25. The molecule has 1 aromatic heterocycles. The van der Waals surface area contributed by atoms with E-state index in [1.165, 1.54) is 12.4 Å². The summed E-state index contributed by atoms with van der Waals surface area (Å²) in [5.74, 6) is 0. The van der Waals surface area contributed by atoms with E-state index in [0.717, 1.165) is 0 Å². The van der Waals surface area contributed by atoms with E-state index in [4.69, 9.17) is 0 Å². The van der Waals surface area contributed by atoms with Crippen LogP contribution in [0.5, 0.6) is 0 Å². The summed E-state index contributed by atoms with van der Waals surface area (Å²) in [5.41, 5.74) is -0.205. The van der Waals surface area contributed by atoms with Crippen LogP contribution >= 0.6 is 0 Å². The van der Waals surface area contributed by atoms with Crippen molar-refractivity contribution in [3.63, 3.8) is 0 Å². The van der Waals surface area contributed by atoms with Crippen LogP contribution < -0.4 is 16.1 Å². The van der Waals surface area contributed by atoms with Crippen LogP contribution in [0.15, 0.2) is 11.1 Å². The molecule has 12 heavy (non-hydrogen) atoms. The predicted molar refractivity (Wildman–Crippen MR) is 42.6 cm³/mol. The van der Waals surface area contributed by atoms with E-state index in [0.29, 0.717) is 10.6 Å². The maximum Gasteiger partial charge on any atom is 0.258 e. The predicted octanol–water partition coefficient (Wildman–Crippen LogP) is -0.927. The lowest BCUT2D eigenvalue weighted by atomic mass is 10.1. The highest BCUT2D eigenvalue weighted by Crippen LogP contribution is 2.00. The topological polar surface area (TPSA) is 45.8 Å². The molecule has 0 amide bonds. The van der Waals surface area contributed by atoms with Gasteiger partial charge in [0, 0.05) is 6.42 Å². The molecular formula is C8H7FN2O. The molecule has 0 radical (unpaired) electrons. The average molecular weight is 166 g/mol. The van der Waals surface area contributed by atoms with Gasteiger partial charge in [0.15, 0.2) is 0 Å². The first kappa shape index (κ1) is 7.21. The SMILES string of the molecule is O=c1[nH]cnc2c1=CCC(F)C=2. The Labute approximate surface area is 67.3 Å². The third kappa shape index (κ3) is 1.05. The lowest BCUT2D eigenvalue weighted by Crippen LogP contribution is -2.44. The number of aromatic nitrogens is 2. The summed E-state index contributed by atoms with van der Waals surface area (Å²) in [6, 6.07) is 0. The van der Waals surface area contributed by atoms with Crippen molar-refractivity contribution >= 4 is 12.2 Å². The fraction of sp³-hybridized carbons (Fsp3) is 0.250. The van der Waals surface area contributed by atoms with Crippen molar-refractivity contribution in [1.29, 1.82) is 0 Å². The molecule has 0 aliphatic heterocycles. The number of H-pyrrole nitrogens is 1. The lowest BCUT2D eigenvalue weighted by molar-refractivity contribution is 0.427. The molecule has 0 bridgehead atoms. The van der Waals surface area contributed by atoms with Crippen LogP contribution in [0.2, 0.25) is 0 Å². The van der Waals surface area contributed by atoms with E-state index in [1.54, 1.807) is 6.08 Å². The molecule has 1 N–H and O–H groups in total. The van der Waals surface area contributed by atoms with Crippen molar-refractivity contribution in [2.45, 2.75) is 12.6 Å². The molecule has 0 fully saturated rings. The molecule has 62 valence electrons. The Kier molecular flexibility index (Phi) is 1.53. The molecule has 4 heteroatoms. The quantitative estimate of drug-likeness (QED) is 0.541. The Balaban J connectivity index is 2.88. The van der Waals surface area contributed by atoms with Gasteiger partial charge in [-0.25, -0.2) is 9.37 Å². The number of hydrogen-bond acceptors (Lipinski definition) is 2. The summed E-state index contributed by atoms with van der Waals surface area (Å²) in [7, 11) is 0. The van der Waals surface area contributed by atoms with Crippen LogP contribution in [0.1, 0.15) is 6.42 Å². The minimum absolute atomic E-state index is 0.205. The first-order valence-electron chi connectivity index (χ1n) is 3.67. The lowest BCUT2D eigenvalue weighted by Gasteiger charge is -2.01. The summed E-state index contributed by atoms with van der Waals surface area (Å²) >= 11 is 0. The molecule has 0 spiro atoms. The Bertz CT molecular complexity index is 463. The van der Waals surface area contributed by atoms with Crippen molar-refractivity contribution in [1.82, 2.24) is 9.97 Å². The molecule has 1 unspecified atom stereocenters. The number of nitrogens with one attached hydrogen (secondary N) is 1. The molecule has 0 aromatic carbocycles. The number of aromatic amines is 1. The number of alkyl halides is 1. The van der Waals surface area contributed by atoms with E-state index in [1.807, 2.05) is 0 Å². The number of halogens is 1. The molecule has 3 nitrogen and oxygen atoms in total. The number of hydrogen-bond donors (Lipinski definition) is 1. The normalized spacial score (nSPS) is 20.6. The monoisotopic (exact) mass is 166 g/mol. The van der Waals surface area contributed by atoms with Crippen molar-refractivity contribution in [3.8, 4) is 0 Å². The minimum Gasteiger partial charge on any atom is -0.313 e. The van der Waals surface area contributed by atoms with Crippen LogP contribution in [-0.4, -0.2) is 16.1 Å². The Morgan fingerprint density at radius 1 is 1.67 bits per heavy atom. The van der Waals surface area contributed by atoms with Gasteiger partial charge in [-0.1, -0.05) is 6.08 Å². The number of fused-ring (bicyclic) bond motifs is 1. The summed E-state index contributed by atoms with van der Waals surface area (Å²) in [6.07, 6.45) is 3.48. The molecule has 1 aromatic rings. The van der Waals surface area contributed by atoms with E-state index in [2.05, 4.69) is 9.97 Å². The van der Waals surface area contributed by atoms with E-state index < -0.39 is 6.17 Å². The van der Waals surface area contributed by atoms with Gasteiger partial charge in [0.25, 0.3) is 5.56 Å². The zero-order valence-corrected chi connectivity index (χ0v) is 6.25. The summed E-state index contributed by atoms with van der Waals surface area (Å²) in [6.45, 7) is 0. The minimum atomic E-state index is -1.01. The van der Waals surface area contributed by atoms with Crippen molar-refractivity contribution in [2.24, 2.45) is 0 Å². The van der Waals surface area contributed by atoms with Crippen LogP contribution in [0.3, 0.4) is 0 Å². The van der Waals surface area contributed by atoms with Crippen LogP contribution in [0.4, 0.5) is 4.39 Å². The summed E-state index contributed by atoms with van der Waals surface area (Å²) in [5, 5.41) is 0.920. The highest BCUT2D eigenvalue weighted by molar-refractivity contribution is 5.38. The molecule has 1 aliphatic carbocycles. The molecule has 1 atom stereocenters. The second-order valence-electron chi connectivity index (χ2n) is 2.65. The number of rotatable bonds is 0. The standard InChI is InChI=1S/C8H7FN2O/c9-5-1-2-6-7(3-5)10-4-11-8(6)12/h2-5H,1H2,(H,10,11,12). The molecule has 0 saturated carbocycles. The van der Waals surface area contributed by atoms with Crippen LogP contribution in [0.25, 0.3) is 12.2 Å². The van der Waals surface area contributed by atoms with Gasteiger partial charge >= 0.3 is 0 Å². The van der Waals surface area contributed by atoms with Crippen molar-refractivity contribution in [2.75, 3.05) is 0 Å². The maximum absolute atomic E-state index is 12.8. The smallest absolute Gasteiger partial charge is 0.258 e. The Morgan fingerprint density at radius 2 is 2.50 bits per heavy atom. The highest BCUT2D eigenvalue weighted by atomic mass is 19.1. The van der Waals surface area contributed by atoms with Crippen LogP contribution in [-0.2, 0) is 0 Å². The first-order chi connectivity index (χ1) is 5.77. The molecular weight excluding hydrogens is 159 g/mol. The Morgan fingerprint density at radius 3 is 3.33 bits per heavy atom. The number of nitrogens with zero attached hydrogens (tertiary/aromatic N) is 1. The highest BCUT2D eigenvalue weighted by Gasteiger charge is 2.06. The van der Waals surface area contributed by atoms with Gasteiger partial charge in [-0.3, -0.25) is 4.79 Å². The third-order valence-corrected chi connectivity index (χ3v) is 1.81. The summed E-state index contributed by atoms with van der Waals surface area (Å²) < 4.78 is 12.8. The van der Waals surface area contributed by atoms with E-state index in [-0.39, 0.29) is 12.0 Å². The third-order valence-electron chi connectivity index (χ3n) is 1.81. The largest absolute Gasteiger partial charge is 0.313 e. The first-order valence-corrected chi connectivity index (χ1v) is 3.67. The molecule has 1 aliphatic rings. The van der Waals surface area contributed by atoms with Gasteiger partial charge in [0.2, 0.25) is 0 Å². The van der Waals surface area contributed by atoms with E-state index in [9.17, 15) is 9.18 Å². The van der Waals surface area contributed by atoms with Gasteiger partial charge in [-0.2, -0.15) is 0 Å². The summed E-state index contributed by atoms with van der Waals surface area (Å²) in [4.78, 5) is 17.4. The fourth-order valence-corrected chi connectivity index (χ4v) is 1.22. The Hall–Kier alpha value is -1.45. The zero-order chi connectivity index (χ0) is 8.55. The van der Waals surface area contributed by atoms with Crippen LogP contribution in [0, 0.1) is 0 Å².